The Morgan fingerprint density at radius 1 is 1.20 bits per heavy atom. The Balaban J connectivity index is 1.80. The van der Waals surface area contributed by atoms with Crippen molar-refractivity contribution in [1.29, 1.82) is 0 Å². The fraction of sp³-hybridized carbons (Fsp3) is 0.300. The summed E-state index contributed by atoms with van der Waals surface area (Å²) >= 11 is 0. The van der Waals surface area contributed by atoms with Crippen LogP contribution in [0.4, 0.5) is 0 Å². The van der Waals surface area contributed by atoms with Gasteiger partial charge in [-0.3, -0.25) is 9.78 Å². The van der Waals surface area contributed by atoms with Gasteiger partial charge >= 0.3 is 0 Å². The molecule has 0 radical (unpaired) electrons. The van der Waals surface area contributed by atoms with Gasteiger partial charge in [0.05, 0.1) is 24.3 Å². The lowest BCUT2D eigenvalue weighted by Crippen LogP contribution is -2.26. The normalized spacial score (nSPS) is 10.9. The van der Waals surface area contributed by atoms with Crippen molar-refractivity contribution in [2.75, 3.05) is 7.05 Å². The Morgan fingerprint density at radius 2 is 2.00 bits per heavy atom. The van der Waals surface area contributed by atoms with Crippen molar-refractivity contribution in [3.63, 3.8) is 0 Å². The van der Waals surface area contributed by atoms with Crippen molar-refractivity contribution in [2.45, 2.75) is 33.9 Å². The highest BCUT2D eigenvalue weighted by Crippen LogP contribution is 2.19. The van der Waals surface area contributed by atoms with Crippen molar-refractivity contribution in [2.24, 2.45) is 0 Å². The van der Waals surface area contributed by atoms with Gasteiger partial charge in [0.1, 0.15) is 11.5 Å². The summed E-state index contributed by atoms with van der Waals surface area (Å²) in [5, 5.41) is 0. The highest BCUT2D eigenvalue weighted by molar-refractivity contribution is 5.95. The predicted octanol–water partition coefficient (Wildman–Crippen LogP) is 3.72. The van der Waals surface area contributed by atoms with Gasteiger partial charge in [0, 0.05) is 24.6 Å². The van der Waals surface area contributed by atoms with Gasteiger partial charge in [-0.05, 0) is 51.1 Å². The first kappa shape index (κ1) is 17.0. The summed E-state index contributed by atoms with van der Waals surface area (Å²) in [4.78, 5) is 18.9. The molecule has 3 heterocycles. The molecule has 5 heteroatoms. The van der Waals surface area contributed by atoms with E-state index < -0.39 is 0 Å². The van der Waals surface area contributed by atoms with Gasteiger partial charge in [-0.2, -0.15) is 0 Å². The van der Waals surface area contributed by atoms with Crippen molar-refractivity contribution < 1.29 is 9.21 Å². The second kappa shape index (κ2) is 6.97. The highest BCUT2D eigenvalue weighted by Gasteiger charge is 2.20. The Bertz CT molecular complexity index is 878. The van der Waals surface area contributed by atoms with Crippen LogP contribution in [0.25, 0.3) is 0 Å². The number of furan rings is 1. The maximum atomic E-state index is 12.8. The largest absolute Gasteiger partial charge is 0.464 e. The first-order chi connectivity index (χ1) is 12.0. The molecule has 0 aliphatic rings. The monoisotopic (exact) mass is 337 g/mol. The predicted molar refractivity (Wildman–Crippen MR) is 96.5 cm³/mol. The Morgan fingerprint density at radius 3 is 2.64 bits per heavy atom. The molecule has 1 amide bonds. The first-order valence-corrected chi connectivity index (χ1v) is 8.33. The number of carbonyl (C=O) groups excluding carboxylic acids is 1. The third-order valence-corrected chi connectivity index (χ3v) is 4.39. The van der Waals surface area contributed by atoms with Crippen LogP contribution < -0.4 is 0 Å². The second-order valence-electron chi connectivity index (χ2n) is 6.37. The fourth-order valence-corrected chi connectivity index (χ4v) is 3.00. The Kier molecular flexibility index (Phi) is 4.74. The van der Waals surface area contributed by atoms with E-state index in [1.165, 1.54) is 0 Å². The quantitative estimate of drug-likeness (QED) is 0.713. The van der Waals surface area contributed by atoms with Gasteiger partial charge in [-0.1, -0.05) is 6.07 Å². The van der Waals surface area contributed by atoms with Crippen LogP contribution in [0.15, 0.2) is 47.0 Å². The van der Waals surface area contributed by atoms with E-state index in [-0.39, 0.29) is 5.91 Å². The molecule has 0 aliphatic carbocycles. The van der Waals surface area contributed by atoms with E-state index in [0.717, 1.165) is 34.2 Å². The summed E-state index contributed by atoms with van der Waals surface area (Å²) in [6, 6.07) is 11.6. The molecule has 0 fully saturated rings. The molecule has 0 atom stereocenters. The zero-order valence-electron chi connectivity index (χ0n) is 15.1. The highest BCUT2D eigenvalue weighted by atomic mass is 16.3. The number of aryl methyl sites for hydroxylation is 2. The van der Waals surface area contributed by atoms with Gasteiger partial charge in [-0.15, -0.1) is 0 Å². The number of carbonyl (C=O) groups is 1. The number of nitrogens with zero attached hydrogens (tertiary/aromatic N) is 3. The van der Waals surface area contributed by atoms with E-state index in [9.17, 15) is 4.79 Å². The zero-order valence-corrected chi connectivity index (χ0v) is 15.1. The van der Waals surface area contributed by atoms with E-state index in [2.05, 4.69) is 9.55 Å². The zero-order chi connectivity index (χ0) is 18.0. The van der Waals surface area contributed by atoms with E-state index in [1.807, 2.05) is 57.2 Å². The lowest BCUT2D eigenvalue weighted by atomic mass is 10.2. The molecule has 0 saturated heterocycles. The van der Waals surface area contributed by atoms with E-state index in [0.29, 0.717) is 13.1 Å². The van der Waals surface area contributed by atoms with E-state index in [1.54, 1.807) is 18.1 Å². The molecule has 25 heavy (non-hydrogen) atoms. The van der Waals surface area contributed by atoms with Crippen LogP contribution in [-0.2, 0) is 13.1 Å². The molecule has 3 rings (SSSR count). The number of hydrogen-bond donors (Lipinski definition) is 0. The van der Waals surface area contributed by atoms with Crippen LogP contribution in [0, 0.1) is 20.8 Å². The van der Waals surface area contributed by atoms with Gasteiger partial charge < -0.3 is 13.9 Å². The fourth-order valence-electron chi connectivity index (χ4n) is 3.00. The van der Waals surface area contributed by atoms with Crippen LogP contribution >= 0.6 is 0 Å². The average Bonchev–Trinajstić information content (AvgIpc) is 3.13. The summed E-state index contributed by atoms with van der Waals surface area (Å²) in [6.07, 6.45) is 1.79. The third-order valence-electron chi connectivity index (χ3n) is 4.39. The summed E-state index contributed by atoms with van der Waals surface area (Å²) in [5.41, 5.74) is 3.70. The van der Waals surface area contributed by atoms with Crippen LogP contribution in [-0.4, -0.2) is 27.4 Å². The van der Waals surface area contributed by atoms with Crippen molar-refractivity contribution in [1.82, 2.24) is 14.5 Å². The standard InChI is InChI=1S/C20H23N3O2/c1-14-11-19(16(3)23(14)12-17-7-5-6-10-21-17)20(24)22(4)13-18-9-8-15(2)25-18/h5-11H,12-13H2,1-4H3. The molecule has 0 aromatic carbocycles. The molecule has 5 nitrogen and oxygen atoms in total. The minimum Gasteiger partial charge on any atom is -0.464 e. The maximum Gasteiger partial charge on any atom is 0.255 e. The maximum absolute atomic E-state index is 12.8. The summed E-state index contributed by atoms with van der Waals surface area (Å²) in [7, 11) is 1.80. The summed E-state index contributed by atoms with van der Waals surface area (Å²) in [5.74, 6) is 1.63. The van der Waals surface area contributed by atoms with Crippen molar-refractivity contribution >= 4 is 5.91 Å². The smallest absolute Gasteiger partial charge is 0.255 e. The molecular weight excluding hydrogens is 314 g/mol. The Hall–Kier alpha value is -2.82. The number of rotatable bonds is 5. The van der Waals surface area contributed by atoms with Crippen LogP contribution in [0.2, 0.25) is 0 Å². The van der Waals surface area contributed by atoms with Gasteiger partial charge in [0.25, 0.3) is 5.91 Å². The molecule has 130 valence electrons. The summed E-state index contributed by atoms with van der Waals surface area (Å²) in [6.45, 7) is 7.01. The molecule has 0 aliphatic heterocycles. The lowest BCUT2D eigenvalue weighted by Gasteiger charge is -2.16. The van der Waals surface area contributed by atoms with Crippen molar-refractivity contribution in [3.05, 3.63) is 76.8 Å². The second-order valence-corrected chi connectivity index (χ2v) is 6.37. The van der Waals surface area contributed by atoms with Gasteiger partial charge in [0.2, 0.25) is 0 Å². The average molecular weight is 337 g/mol. The van der Waals surface area contributed by atoms with Crippen LogP contribution in [0.1, 0.15) is 39.0 Å². The number of hydrogen-bond acceptors (Lipinski definition) is 3. The Labute approximate surface area is 147 Å². The van der Waals surface area contributed by atoms with E-state index >= 15 is 0 Å². The minimum atomic E-state index is -0.00516. The molecule has 0 bridgehead atoms. The van der Waals surface area contributed by atoms with E-state index in [4.69, 9.17) is 4.42 Å². The van der Waals surface area contributed by atoms with Crippen molar-refractivity contribution in [3.8, 4) is 0 Å². The van der Waals surface area contributed by atoms with Gasteiger partial charge in [-0.25, -0.2) is 0 Å². The minimum absolute atomic E-state index is 0.00516. The van der Waals surface area contributed by atoms with Crippen LogP contribution in [0.5, 0.6) is 0 Å². The number of pyridine rings is 1. The molecule has 0 saturated carbocycles. The molecule has 3 aromatic heterocycles. The summed E-state index contributed by atoms with van der Waals surface area (Å²) < 4.78 is 7.70. The SMILES string of the molecule is Cc1ccc(CN(C)C(=O)c2cc(C)n(Cc3ccccn3)c2C)o1. The number of aromatic nitrogens is 2. The topological polar surface area (TPSA) is 51.3 Å². The lowest BCUT2D eigenvalue weighted by molar-refractivity contribution is 0.0774. The molecular formula is C20H23N3O2. The van der Waals surface area contributed by atoms with Crippen LogP contribution in [0.3, 0.4) is 0 Å². The third kappa shape index (κ3) is 3.65. The molecule has 0 unspecified atom stereocenters. The molecule has 3 aromatic rings. The first-order valence-electron chi connectivity index (χ1n) is 8.33. The molecule has 0 N–H and O–H groups in total. The molecule has 0 spiro atoms. The number of amides is 1. The van der Waals surface area contributed by atoms with Gasteiger partial charge in [0.15, 0.2) is 0 Å².